The molecule has 4 amide bonds. The number of methoxy groups -OCH3 is 1. The van der Waals surface area contributed by atoms with E-state index >= 15 is 0 Å². The van der Waals surface area contributed by atoms with Gasteiger partial charge in [0.15, 0.2) is 5.58 Å². The normalized spacial score (nSPS) is 11.5. The van der Waals surface area contributed by atoms with E-state index in [0.717, 1.165) is 11.8 Å². The van der Waals surface area contributed by atoms with E-state index in [-0.39, 0.29) is 22.9 Å². The van der Waals surface area contributed by atoms with E-state index in [4.69, 9.17) is 9.15 Å². The van der Waals surface area contributed by atoms with Gasteiger partial charge < -0.3 is 19.8 Å². The lowest BCUT2D eigenvalue weighted by molar-refractivity contribution is -0.129. The average molecular weight is 576 g/mol. The molecule has 0 saturated heterocycles. The number of thioether (sulfide) groups is 1. The molecule has 4 rings (SSSR count). The Hall–Kier alpha value is -4.84. The Bertz CT molecular complexity index is 1520. The van der Waals surface area contributed by atoms with E-state index in [9.17, 15) is 19.2 Å². The number of carbonyl (C=O) groups excluding carboxylic acids is 4. The molecule has 1 heterocycles. The van der Waals surface area contributed by atoms with E-state index < -0.39 is 29.7 Å². The van der Waals surface area contributed by atoms with Crippen LogP contribution in [-0.2, 0) is 9.59 Å². The zero-order valence-electron chi connectivity index (χ0n) is 22.6. The van der Waals surface area contributed by atoms with Crippen molar-refractivity contribution in [2.45, 2.75) is 25.1 Å². The highest BCUT2D eigenvalue weighted by atomic mass is 32.2. The van der Waals surface area contributed by atoms with Crippen LogP contribution in [0.1, 0.15) is 34.6 Å². The molecule has 0 unspecified atom stereocenters. The summed E-state index contributed by atoms with van der Waals surface area (Å²) in [5.74, 6) is -1.82. The quantitative estimate of drug-likeness (QED) is 0.165. The summed E-state index contributed by atoms with van der Waals surface area (Å²) in [5, 5.41) is 5.77. The van der Waals surface area contributed by atoms with Crippen molar-refractivity contribution in [2.75, 3.05) is 18.2 Å². The average Bonchev–Trinajstić information content (AvgIpc) is 3.40. The third-order valence-corrected chi connectivity index (χ3v) is 6.76. The van der Waals surface area contributed by atoms with Gasteiger partial charge in [0.2, 0.25) is 5.91 Å². The number of para-hydroxylation sites is 3. The lowest BCUT2D eigenvalue weighted by Gasteiger charge is -2.22. The number of aromatic nitrogens is 1. The third-order valence-electron chi connectivity index (χ3n) is 5.93. The van der Waals surface area contributed by atoms with Crippen LogP contribution < -0.4 is 26.2 Å². The SMILES string of the molecule is COc1ccc(C(=O)Nc2ccccc2C(=O)N[C@H](C(=O)NNC(=O)CSc2nc3ccccc3o2)C(C)C)cc1. The van der Waals surface area contributed by atoms with Crippen LogP contribution in [0.4, 0.5) is 5.69 Å². The van der Waals surface area contributed by atoms with Crippen molar-refractivity contribution < 1.29 is 28.3 Å². The number of oxazole rings is 1. The molecule has 0 bridgehead atoms. The standard InChI is InChI=1S/C29H29N5O6S/c1-17(2)25(28(38)34-33-24(35)16-41-29-31-22-10-6-7-11-23(22)40-29)32-27(37)20-8-4-5-9-21(20)30-26(36)18-12-14-19(39-3)15-13-18/h4-15,17,25H,16H2,1-3H3,(H,30,36)(H,32,37)(H,33,35)(H,34,38)/t25-/m0/s1. The second kappa shape index (κ2) is 13.5. The van der Waals surface area contributed by atoms with E-state index in [2.05, 4.69) is 26.5 Å². The van der Waals surface area contributed by atoms with Crippen LogP contribution in [0, 0.1) is 5.92 Å². The van der Waals surface area contributed by atoms with Crippen molar-refractivity contribution in [1.29, 1.82) is 0 Å². The molecular formula is C29H29N5O6S. The van der Waals surface area contributed by atoms with Crippen LogP contribution in [0.5, 0.6) is 5.75 Å². The Morgan fingerprint density at radius 3 is 2.32 bits per heavy atom. The molecule has 0 aliphatic heterocycles. The molecule has 1 atom stereocenters. The lowest BCUT2D eigenvalue weighted by atomic mass is 10.0. The third kappa shape index (κ3) is 7.63. The zero-order valence-corrected chi connectivity index (χ0v) is 23.4. The number of benzene rings is 3. The molecule has 0 spiro atoms. The molecule has 212 valence electrons. The molecule has 0 aliphatic carbocycles. The molecule has 3 aromatic carbocycles. The Morgan fingerprint density at radius 1 is 0.902 bits per heavy atom. The monoisotopic (exact) mass is 575 g/mol. The number of carbonyl (C=O) groups is 4. The molecule has 1 aromatic heterocycles. The summed E-state index contributed by atoms with van der Waals surface area (Å²) in [5.41, 5.74) is 6.84. The minimum absolute atomic E-state index is 0.0485. The molecule has 0 saturated carbocycles. The van der Waals surface area contributed by atoms with Crippen molar-refractivity contribution in [1.82, 2.24) is 21.2 Å². The summed E-state index contributed by atoms with van der Waals surface area (Å²) in [7, 11) is 1.53. The molecule has 41 heavy (non-hydrogen) atoms. The molecule has 0 fully saturated rings. The number of fused-ring (bicyclic) bond motifs is 1. The number of anilines is 1. The van der Waals surface area contributed by atoms with Gasteiger partial charge in [0, 0.05) is 5.56 Å². The summed E-state index contributed by atoms with van der Waals surface area (Å²) >= 11 is 1.08. The first-order chi connectivity index (χ1) is 19.7. The first-order valence-electron chi connectivity index (χ1n) is 12.7. The fourth-order valence-corrected chi connectivity index (χ4v) is 4.40. The van der Waals surface area contributed by atoms with Crippen LogP contribution in [-0.4, -0.2) is 47.5 Å². The summed E-state index contributed by atoms with van der Waals surface area (Å²) in [6.45, 7) is 3.51. The van der Waals surface area contributed by atoms with E-state index in [0.29, 0.717) is 27.6 Å². The summed E-state index contributed by atoms with van der Waals surface area (Å²) in [4.78, 5) is 55.5. The van der Waals surface area contributed by atoms with Gasteiger partial charge in [-0.1, -0.05) is 49.9 Å². The smallest absolute Gasteiger partial charge is 0.261 e. The van der Waals surface area contributed by atoms with Crippen molar-refractivity contribution >= 4 is 52.2 Å². The van der Waals surface area contributed by atoms with E-state index in [1.165, 1.54) is 7.11 Å². The Labute approximate surface area is 240 Å². The number of ether oxygens (including phenoxy) is 1. The Kier molecular flexibility index (Phi) is 9.59. The minimum atomic E-state index is -0.974. The molecule has 11 nitrogen and oxygen atoms in total. The van der Waals surface area contributed by atoms with Crippen LogP contribution in [0.15, 0.2) is 82.4 Å². The highest BCUT2D eigenvalue weighted by molar-refractivity contribution is 7.99. The molecule has 4 N–H and O–H groups in total. The van der Waals surface area contributed by atoms with Gasteiger partial charge in [-0.2, -0.15) is 0 Å². The number of hydrogen-bond donors (Lipinski definition) is 4. The van der Waals surface area contributed by atoms with Crippen LogP contribution in [0.2, 0.25) is 0 Å². The molecule has 4 aromatic rings. The summed E-state index contributed by atoms with van der Waals surface area (Å²) < 4.78 is 10.7. The summed E-state index contributed by atoms with van der Waals surface area (Å²) in [6, 6.07) is 19.3. The minimum Gasteiger partial charge on any atom is -0.497 e. The van der Waals surface area contributed by atoms with E-state index in [1.807, 2.05) is 12.1 Å². The van der Waals surface area contributed by atoms with Crippen molar-refractivity contribution in [3.8, 4) is 5.75 Å². The van der Waals surface area contributed by atoms with Crippen molar-refractivity contribution in [3.05, 3.63) is 83.9 Å². The van der Waals surface area contributed by atoms with Crippen molar-refractivity contribution in [2.24, 2.45) is 5.92 Å². The number of nitrogens with one attached hydrogen (secondary N) is 4. The highest BCUT2D eigenvalue weighted by Gasteiger charge is 2.26. The maximum atomic E-state index is 13.2. The van der Waals surface area contributed by atoms with E-state index in [1.54, 1.807) is 74.5 Å². The van der Waals surface area contributed by atoms with Gasteiger partial charge in [-0.3, -0.25) is 30.0 Å². The van der Waals surface area contributed by atoms with Crippen LogP contribution in [0.25, 0.3) is 11.1 Å². The molecule has 0 aliphatic rings. The van der Waals surface area contributed by atoms with Crippen LogP contribution >= 0.6 is 11.8 Å². The first kappa shape index (κ1) is 29.2. The van der Waals surface area contributed by atoms with Gasteiger partial charge in [0.1, 0.15) is 17.3 Å². The maximum Gasteiger partial charge on any atom is 0.261 e. The van der Waals surface area contributed by atoms with Gasteiger partial charge in [-0.25, -0.2) is 4.98 Å². The molecule has 12 heteroatoms. The number of hydrogen-bond acceptors (Lipinski definition) is 8. The number of nitrogens with zero attached hydrogens (tertiary/aromatic N) is 1. The fourth-order valence-electron chi connectivity index (χ4n) is 3.77. The molecule has 0 radical (unpaired) electrons. The predicted octanol–water partition coefficient (Wildman–Crippen LogP) is 3.78. The van der Waals surface area contributed by atoms with Gasteiger partial charge in [-0.05, 0) is 54.4 Å². The topological polar surface area (TPSA) is 152 Å². The molecular weight excluding hydrogens is 546 g/mol. The highest BCUT2D eigenvalue weighted by Crippen LogP contribution is 2.23. The fraction of sp³-hybridized carbons (Fsp3) is 0.207. The summed E-state index contributed by atoms with van der Waals surface area (Å²) in [6.07, 6.45) is 0. The van der Waals surface area contributed by atoms with Gasteiger partial charge in [0.25, 0.3) is 22.9 Å². The number of rotatable bonds is 10. The Balaban J connectivity index is 1.33. The second-order valence-electron chi connectivity index (χ2n) is 9.20. The zero-order chi connectivity index (χ0) is 29.4. The number of amides is 4. The second-order valence-corrected chi connectivity index (χ2v) is 10.1. The van der Waals surface area contributed by atoms with Crippen LogP contribution in [0.3, 0.4) is 0 Å². The first-order valence-corrected chi connectivity index (χ1v) is 13.7. The van der Waals surface area contributed by atoms with Gasteiger partial charge in [0.05, 0.1) is 24.1 Å². The van der Waals surface area contributed by atoms with Gasteiger partial charge in [-0.15, -0.1) is 0 Å². The number of hydrazine groups is 1. The Morgan fingerprint density at radius 2 is 1.61 bits per heavy atom. The van der Waals surface area contributed by atoms with Crippen molar-refractivity contribution in [3.63, 3.8) is 0 Å². The largest absolute Gasteiger partial charge is 0.497 e. The maximum absolute atomic E-state index is 13.2. The van der Waals surface area contributed by atoms with Gasteiger partial charge >= 0.3 is 0 Å². The lowest BCUT2D eigenvalue weighted by Crippen LogP contribution is -2.54. The predicted molar refractivity (Wildman–Crippen MR) is 154 cm³/mol.